The van der Waals surface area contributed by atoms with E-state index in [1.54, 1.807) is 14.0 Å². The molecule has 1 rings (SSSR count). The van der Waals surface area contributed by atoms with Crippen LogP contribution in [0.4, 0.5) is 0 Å². The van der Waals surface area contributed by atoms with Gasteiger partial charge in [-0.15, -0.1) is 0 Å². The Morgan fingerprint density at radius 2 is 2.16 bits per heavy atom. The highest BCUT2D eigenvalue weighted by Gasteiger charge is 2.29. The number of ether oxygens (including phenoxy) is 2. The standard InChI is InChI=1S/C15H19NO3/c1-4-13(14(10-16)15(17)19-5-2)11-7-6-8-12(9-11)18-3/h6-9,13-14H,4-5H2,1-3H3. The van der Waals surface area contributed by atoms with Crippen LogP contribution in [0, 0.1) is 17.2 Å². The molecule has 0 aliphatic carbocycles. The molecule has 2 atom stereocenters. The smallest absolute Gasteiger partial charge is 0.323 e. The summed E-state index contributed by atoms with van der Waals surface area (Å²) >= 11 is 0. The van der Waals surface area contributed by atoms with Crippen LogP contribution in [-0.2, 0) is 9.53 Å². The minimum absolute atomic E-state index is 0.181. The van der Waals surface area contributed by atoms with Crippen molar-refractivity contribution in [2.45, 2.75) is 26.2 Å². The Morgan fingerprint density at radius 1 is 1.42 bits per heavy atom. The van der Waals surface area contributed by atoms with Gasteiger partial charge in [0.2, 0.25) is 0 Å². The number of nitriles is 1. The molecule has 0 N–H and O–H groups in total. The van der Waals surface area contributed by atoms with E-state index in [0.29, 0.717) is 6.42 Å². The topological polar surface area (TPSA) is 59.3 Å². The van der Waals surface area contributed by atoms with Crippen LogP contribution in [0.1, 0.15) is 31.7 Å². The molecule has 0 amide bonds. The zero-order valence-electron chi connectivity index (χ0n) is 11.6. The van der Waals surface area contributed by atoms with Gasteiger partial charge in [-0.1, -0.05) is 19.1 Å². The third-order valence-electron chi connectivity index (χ3n) is 3.04. The van der Waals surface area contributed by atoms with Gasteiger partial charge < -0.3 is 9.47 Å². The lowest BCUT2D eigenvalue weighted by molar-refractivity contribution is -0.146. The molecule has 4 heteroatoms. The first-order valence-corrected chi connectivity index (χ1v) is 6.38. The fraction of sp³-hybridized carbons (Fsp3) is 0.467. The van der Waals surface area contributed by atoms with Crippen LogP contribution in [0.15, 0.2) is 24.3 Å². The number of hydrogen-bond acceptors (Lipinski definition) is 4. The fourth-order valence-electron chi connectivity index (χ4n) is 2.07. The summed E-state index contributed by atoms with van der Waals surface area (Å²) in [5.74, 6) is -0.702. The van der Waals surface area contributed by atoms with Crippen LogP contribution in [0.3, 0.4) is 0 Å². The molecule has 0 aliphatic rings. The van der Waals surface area contributed by atoms with Gasteiger partial charge in [0.25, 0.3) is 0 Å². The summed E-state index contributed by atoms with van der Waals surface area (Å²) in [4.78, 5) is 11.8. The van der Waals surface area contributed by atoms with Crippen LogP contribution in [0.25, 0.3) is 0 Å². The highest BCUT2D eigenvalue weighted by atomic mass is 16.5. The second-order valence-electron chi connectivity index (χ2n) is 4.15. The molecule has 0 bridgehead atoms. The molecule has 0 spiro atoms. The average molecular weight is 261 g/mol. The van der Waals surface area contributed by atoms with Gasteiger partial charge in [0.05, 0.1) is 19.8 Å². The largest absolute Gasteiger partial charge is 0.497 e. The van der Waals surface area contributed by atoms with E-state index in [4.69, 9.17) is 9.47 Å². The SMILES string of the molecule is CCOC(=O)C(C#N)C(CC)c1cccc(OC)c1. The summed E-state index contributed by atoms with van der Waals surface area (Å²) in [6.07, 6.45) is 0.685. The van der Waals surface area contributed by atoms with Gasteiger partial charge in [-0.3, -0.25) is 4.79 Å². The minimum Gasteiger partial charge on any atom is -0.497 e. The first-order valence-electron chi connectivity index (χ1n) is 6.38. The number of rotatable bonds is 6. The Labute approximate surface area is 113 Å². The van der Waals surface area contributed by atoms with Gasteiger partial charge in [-0.05, 0) is 31.0 Å². The van der Waals surface area contributed by atoms with E-state index in [-0.39, 0.29) is 12.5 Å². The lowest BCUT2D eigenvalue weighted by Crippen LogP contribution is -2.23. The Hall–Kier alpha value is -2.02. The number of carbonyl (C=O) groups is 1. The number of esters is 1. The van der Waals surface area contributed by atoms with E-state index in [2.05, 4.69) is 6.07 Å². The Morgan fingerprint density at radius 3 is 2.68 bits per heavy atom. The van der Waals surface area contributed by atoms with Crippen molar-refractivity contribution in [2.75, 3.05) is 13.7 Å². The van der Waals surface area contributed by atoms with Crippen LogP contribution in [-0.4, -0.2) is 19.7 Å². The summed E-state index contributed by atoms with van der Waals surface area (Å²) in [5, 5.41) is 9.23. The molecule has 1 aromatic rings. The van der Waals surface area contributed by atoms with E-state index < -0.39 is 11.9 Å². The normalized spacial score (nSPS) is 13.2. The molecule has 0 heterocycles. The molecule has 0 saturated heterocycles. The summed E-state index contributed by atoms with van der Waals surface area (Å²) in [7, 11) is 1.59. The molecule has 0 aromatic heterocycles. The van der Waals surface area contributed by atoms with Crippen molar-refractivity contribution >= 4 is 5.97 Å². The summed E-state index contributed by atoms with van der Waals surface area (Å²) < 4.78 is 10.1. The molecule has 19 heavy (non-hydrogen) atoms. The fourth-order valence-corrected chi connectivity index (χ4v) is 2.07. The molecule has 0 radical (unpaired) electrons. The maximum Gasteiger partial charge on any atom is 0.323 e. The number of carbonyl (C=O) groups excluding carboxylic acids is 1. The van der Waals surface area contributed by atoms with E-state index in [9.17, 15) is 10.1 Å². The monoisotopic (exact) mass is 261 g/mol. The Balaban J connectivity index is 3.03. The number of hydrogen-bond donors (Lipinski definition) is 0. The van der Waals surface area contributed by atoms with Crippen molar-refractivity contribution in [1.82, 2.24) is 0 Å². The summed E-state index contributed by atoms with van der Waals surface area (Å²) in [6.45, 7) is 3.97. The Kier molecular flexibility index (Phi) is 5.87. The molecular formula is C15H19NO3. The quantitative estimate of drug-likeness (QED) is 0.739. The second-order valence-corrected chi connectivity index (χ2v) is 4.15. The third kappa shape index (κ3) is 3.72. The van der Waals surface area contributed by atoms with Crippen LogP contribution >= 0.6 is 0 Å². The number of methoxy groups -OCH3 is 1. The molecule has 1 aromatic carbocycles. The number of nitrogens with zero attached hydrogens (tertiary/aromatic N) is 1. The zero-order valence-corrected chi connectivity index (χ0v) is 11.6. The Bertz CT molecular complexity index is 465. The average Bonchev–Trinajstić information content (AvgIpc) is 2.44. The second kappa shape index (κ2) is 7.42. The first kappa shape index (κ1) is 15.0. The molecular weight excluding hydrogens is 242 g/mol. The molecule has 4 nitrogen and oxygen atoms in total. The summed E-state index contributed by atoms with van der Waals surface area (Å²) in [6, 6.07) is 9.51. The van der Waals surface area contributed by atoms with Gasteiger partial charge in [-0.25, -0.2) is 0 Å². The van der Waals surface area contributed by atoms with Gasteiger partial charge in [-0.2, -0.15) is 5.26 Å². The highest BCUT2D eigenvalue weighted by molar-refractivity contribution is 5.76. The van der Waals surface area contributed by atoms with Gasteiger partial charge >= 0.3 is 5.97 Å². The van der Waals surface area contributed by atoms with E-state index in [1.165, 1.54) is 0 Å². The molecule has 2 unspecified atom stereocenters. The predicted molar refractivity (Wildman–Crippen MR) is 71.8 cm³/mol. The molecule has 102 valence electrons. The zero-order chi connectivity index (χ0) is 14.3. The van der Waals surface area contributed by atoms with E-state index in [1.807, 2.05) is 31.2 Å². The lowest BCUT2D eigenvalue weighted by atomic mass is 9.85. The van der Waals surface area contributed by atoms with Crippen LogP contribution in [0.2, 0.25) is 0 Å². The maximum absolute atomic E-state index is 11.8. The predicted octanol–water partition coefficient (Wildman–Crippen LogP) is 2.89. The van der Waals surface area contributed by atoms with Crippen molar-refractivity contribution < 1.29 is 14.3 Å². The molecule has 0 aliphatic heterocycles. The van der Waals surface area contributed by atoms with Gasteiger partial charge in [0.15, 0.2) is 5.92 Å². The van der Waals surface area contributed by atoms with Crippen molar-refractivity contribution in [3.05, 3.63) is 29.8 Å². The molecule has 0 saturated carbocycles. The third-order valence-corrected chi connectivity index (χ3v) is 3.04. The van der Waals surface area contributed by atoms with Crippen LogP contribution < -0.4 is 4.74 Å². The molecule has 0 fully saturated rings. The van der Waals surface area contributed by atoms with Gasteiger partial charge in [0, 0.05) is 5.92 Å². The maximum atomic E-state index is 11.8. The number of benzene rings is 1. The first-order chi connectivity index (χ1) is 9.17. The lowest BCUT2D eigenvalue weighted by Gasteiger charge is -2.20. The van der Waals surface area contributed by atoms with E-state index >= 15 is 0 Å². The van der Waals surface area contributed by atoms with Crippen molar-refractivity contribution in [3.8, 4) is 11.8 Å². The van der Waals surface area contributed by atoms with Crippen molar-refractivity contribution in [1.29, 1.82) is 5.26 Å². The van der Waals surface area contributed by atoms with Crippen LogP contribution in [0.5, 0.6) is 5.75 Å². The van der Waals surface area contributed by atoms with Gasteiger partial charge in [0.1, 0.15) is 5.75 Å². The van der Waals surface area contributed by atoms with Crippen molar-refractivity contribution in [3.63, 3.8) is 0 Å². The highest BCUT2D eigenvalue weighted by Crippen LogP contribution is 2.30. The van der Waals surface area contributed by atoms with E-state index in [0.717, 1.165) is 11.3 Å². The van der Waals surface area contributed by atoms with Crippen molar-refractivity contribution in [2.24, 2.45) is 5.92 Å². The minimum atomic E-state index is -0.781. The summed E-state index contributed by atoms with van der Waals surface area (Å²) in [5.41, 5.74) is 0.918.